The standard InChI is InChI=1S/C12H20FNO3/c1-2-14(7-6-11(15)16)12(17)9-4-3-5-10(13)8-9/h9-10H,2-8H2,1H3,(H,15,16). The predicted molar refractivity (Wildman–Crippen MR) is 61.4 cm³/mol. The van der Waals surface area contributed by atoms with Gasteiger partial charge in [-0.2, -0.15) is 0 Å². The van der Waals surface area contributed by atoms with Gasteiger partial charge in [0.2, 0.25) is 5.91 Å². The minimum Gasteiger partial charge on any atom is -0.481 e. The van der Waals surface area contributed by atoms with E-state index >= 15 is 0 Å². The van der Waals surface area contributed by atoms with Gasteiger partial charge in [0.15, 0.2) is 0 Å². The van der Waals surface area contributed by atoms with E-state index in [1.807, 2.05) is 6.92 Å². The Bertz CT molecular complexity index is 283. The van der Waals surface area contributed by atoms with Gasteiger partial charge in [0.05, 0.1) is 6.42 Å². The van der Waals surface area contributed by atoms with E-state index in [0.29, 0.717) is 19.4 Å². The number of aliphatic carboxylic acids is 1. The van der Waals surface area contributed by atoms with E-state index in [-0.39, 0.29) is 24.8 Å². The first-order valence-electron chi connectivity index (χ1n) is 6.19. The van der Waals surface area contributed by atoms with Crippen molar-refractivity contribution >= 4 is 11.9 Å². The number of nitrogens with zero attached hydrogens (tertiary/aromatic N) is 1. The fourth-order valence-electron chi connectivity index (χ4n) is 2.27. The van der Waals surface area contributed by atoms with Crippen LogP contribution < -0.4 is 0 Å². The fraction of sp³-hybridized carbons (Fsp3) is 0.833. The molecule has 98 valence electrons. The van der Waals surface area contributed by atoms with Crippen LogP contribution >= 0.6 is 0 Å². The van der Waals surface area contributed by atoms with Gasteiger partial charge >= 0.3 is 5.97 Å². The van der Waals surface area contributed by atoms with E-state index in [2.05, 4.69) is 0 Å². The number of carbonyl (C=O) groups is 2. The molecule has 0 radical (unpaired) electrons. The van der Waals surface area contributed by atoms with Crippen molar-refractivity contribution in [3.63, 3.8) is 0 Å². The highest BCUT2D eigenvalue weighted by atomic mass is 19.1. The zero-order chi connectivity index (χ0) is 12.8. The molecule has 2 unspecified atom stereocenters. The largest absolute Gasteiger partial charge is 0.481 e. The highest BCUT2D eigenvalue weighted by Gasteiger charge is 2.29. The average Bonchev–Trinajstić information content (AvgIpc) is 2.29. The number of alkyl halides is 1. The van der Waals surface area contributed by atoms with E-state index in [4.69, 9.17) is 5.11 Å². The monoisotopic (exact) mass is 245 g/mol. The molecule has 17 heavy (non-hydrogen) atoms. The topological polar surface area (TPSA) is 57.6 Å². The Hall–Kier alpha value is -1.13. The van der Waals surface area contributed by atoms with Crippen LogP contribution in [-0.4, -0.2) is 41.1 Å². The lowest BCUT2D eigenvalue weighted by Crippen LogP contribution is -2.39. The second-order valence-electron chi connectivity index (χ2n) is 4.52. The van der Waals surface area contributed by atoms with Crippen molar-refractivity contribution in [3.8, 4) is 0 Å². The van der Waals surface area contributed by atoms with Gasteiger partial charge < -0.3 is 10.0 Å². The van der Waals surface area contributed by atoms with Crippen molar-refractivity contribution in [3.05, 3.63) is 0 Å². The Labute approximate surface area is 101 Å². The lowest BCUT2D eigenvalue weighted by molar-refractivity contribution is -0.140. The van der Waals surface area contributed by atoms with Crippen molar-refractivity contribution < 1.29 is 19.1 Å². The van der Waals surface area contributed by atoms with E-state index < -0.39 is 12.1 Å². The second kappa shape index (κ2) is 6.57. The number of amides is 1. The minimum absolute atomic E-state index is 0.0502. The lowest BCUT2D eigenvalue weighted by atomic mass is 9.87. The van der Waals surface area contributed by atoms with Crippen molar-refractivity contribution in [1.29, 1.82) is 0 Å². The summed E-state index contributed by atoms with van der Waals surface area (Å²) >= 11 is 0. The Balaban J connectivity index is 2.49. The van der Waals surface area contributed by atoms with E-state index in [0.717, 1.165) is 12.8 Å². The Morgan fingerprint density at radius 1 is 1.41 bits per heavy atom. The van der Waals surface area contributed by atoms with Crippen LogP contribution in [0.1, 0.15) is 39.0 Å². The summed E-state index contributed by atoms with van der Waals surface area (Å²) in [6, 6.07) is 0. The molecule has 2 atom stereocenters. The van der Waals surface area contributed by atoms with Gasteiger partial charge in [0.25, 0.3) is 0 Å². The second-order valence-corrected chi connectivity index (χ2v) is 4.52. The molecule has 0 spiro atoms. The van der Waals surface area contributed by atoms with Gasteiger partial charge in [0, 0.05) is 19.0 Å². The minimum atomic E-state index is -0.914. The highest BCUT2D eigenvalue weighted by molar-refractivity contribution is 5.79. The Kier molecular flexibility index (Phi) is 5.38. The van der Waals surface area contributed by atoms with E-state index in [9.17, 15) is 14.0 Å². The number of halogens is 1. The zero-order valence-corrected chi connectivity index (χ0v) is 10.2. The molecule has 0 bridgehead atoms. The number of hydrogen-bond donors (Lipinski definition) is 1. The maximum atomic E-state index is 13.2. The van der Waals surface area contributed by atoms with Crippen LogP contribution in [0.4, 0.5) is 4.39 Å². The quantitative estimate of drug-likeness (QED) is 0.804. The fourth-order valence-corrected chi connectivity index (χ4v) is 2.27. The third-order valence-corrected chi connectivity index (χ3v) is 3.25. The summed E-state index contributed by atoms with van der Waals surface area (Å²) in [5.74, 6) is -1.26. The van der Waals surface area contributed by atoms with Crippen LogP contribution in [0, 0.1) is 5.92 Å². The van der Waals surface area contributed by atoms with Crippen molar-refractivity contribution in [2.45, 2.75) is 45.2 Å². The summed E-state index contributed by atoms with van der Waals surface area (Å²) in [5, 5.41) is 8.59. The summed E-state index contributed by atoms with van der Waals surface area (Å²) in [6.45, 7) is 2.52. The Morgan fingerprint density at radius 2 is 2.12 bits per heavy atom. The molecule has 0 heterocycles. The molecule has 0 aromatic rings. The van der Waals surface area contributed by atoms with Gasteiger partial charge in [0.1, 0.15) is 6.17 Å². The molecular formula is C12H20FNO3. The van der Waals surface area contributed by atoms with Gasteiger partial charge in [-0.05, 0) is 32.6 Å². The number of hydrogen-bond acceptors (Lipinski definition) is 2. The molecule has 1 saturated carbocycles. The summed E-state index contributed by atoms with van der Waals surface area (Å²) in [4.78, 5) is 24.1. The molecule has 0 aromatic carbocycles. The van der Waals surface area contributed by atoms with Crippen molar-refractivity contribution in [2.75, 3.05) is 13.1 Å². The molecule has 5 heteroatoms. The first kappa shape index (κ1) is 13.9. The highest BCUT2D eigenvalue weighted by Crippen LogP contribution is 2.27. The predicted octanol–water partition coefficient (Wildman–Crippen LogP) is 1.84. The molecular weight excluding hydrogens is 225 g/mol. The van der Waals surface area contributed by atoms with Crippen LogP contribution in [0.15, 0.2) is 0 Å². The van der Waals surface area contributed by atoms with Crippen LogP contribution in [0.3, 0.4) is 0 Å². The van der Waals surface area contributed by atoms with Gasteiger partial charge in [-0.1, -0.05) is 0 Å². The Morgan fingerprint density at radius 3 is 2.65 bits per heavy atom. The van der Waals surface area contributed by atoms with E-state index in [1.54, 1.807) is 0 Å². The van der Waals surface area contributed by atoms with Crippen LogP contribution in [0.5, 0.6) is 0 Å². The molecule has 0 aliphatic heterocycles. The van der Waals surface area contributed by atoms with Gasteiger partial charge in [-0.15, -0.1) is 0 Å². The summed E-state index contributed by atoms with van der Waals surface area (Å²) in [5.41, 5.74) is 0. The van der Waals surface area contributed by atoms with Crippen LogP contribution in [-0.2, 0) is 9.59 Å². The number of carboxylic acid groups (broad SMARTS) is 1. The first-order valence-corrected chi connectivity index (χ1v) is 6.19. The number of carbonyl (C=O) groups excluding carboxylic acids is 1. The maximum absolute atomic E-state index is 13.2. The normalized spacial score (nSPS) is 24.4. The number of rotatable bonds is 5. The zero-order valence-electron chi connectivity index (χ0n) is 10.2. The van der Waals surface area contributed by atoms with Gasteiger partial charge in [-0.25, -0.2) is 4.39 Å². The first-order chi connectivity index (χ1) is 8.04. The van der Waals surface area contributed by atoms with E-state index in [1.165, 1.54) is 4.90 Å². The van der Waals surface area contributed by atoms with Gasteiger partial charge in [-0.3, -0.25) is 9.59 Å². The van der Waals surface area contributed by atoms with Crippen LogP contribution in [0.2, 0.25) is 0 Å². The SMILES string of the molecule is CCN(CCC(=O)O)C(=O)C1CCCC(F)C1. The molecule has 0 aromatic heterocycles. The summed E-state index contributed by atoms with van der Waals surface area (Å²) in [7, 11) is 0. The average molecular weight is 245 g/mol. The molecule has 1 rings (SSSR count). The molecule has 1 aliphatic carbocycles. The number of carboxylic acids is 1. The molecule has 0 saturated heterocycles. The molecule has 1 N–H and O–H groups in total. The molecule has 1 amide bonds. The summed E-state index contributed by atoms with van der Waals surface area (Å²) in [6.07, 6.45) is 1.38. The smallest absolute Gasteiger partial charge is 0.305 e. The molecule has 1 aliphatic rings. The van der Waals surface area contributed by atoms with Crippen molar-refractivity contribution in [2.24, 2.45) is 5.92 Å². The molecule has 4 nitrogen and oxygen atoms in total. The summed E-state index contributed by atoms with van der Waals surface area (Å²) < 4.78 is 13.2. The van der Waals surface area contributed by atoms with Crippen LogP contribution in [0.25, 0.3) is 0 Å². The lowest BCUT2D eigenvalue weighted by Gasteiger charge is -2.29. The third-order valence-electron chi connectivity index (χ3n) is 3.25. The van der Waals surface area contributed by atoms with Crippen molar-refractivity contribution in [1.82, 2.24) is 4.90 Å². The molecule has 1 fully saturated rings. The third kappa shape index (κ3) is 4.32. The maximum Gasteiger partial charge on any atom is 0.305 e.